The first-order valence-electron chi connectivity index (χ1n) is 13.2. The van der Waals surface area contributed by atoms with Crippen LogP contribution in [0, 0.1) is 5.92 Å². The molecule has 1 aliphatic carbocycles. The number of amides is 2. The lowest BCUT2D eigenvalue weighted by Crippen LogP contribution is -2.28. The minimum atomic E-state index is -0.336. The zero-order chi connectivity index (χ0) is 26.5. The van der Waals surface area contributed by atoms with Gasteiger partial charge >= 0.3 is 0 Å². The highest BCUT2D eigenvalue weighted by Crippen LogP contribution is 2.30. The van der Waals surface area contributed by atoms with Crippen LogP contribution in [-0.4, -0.2) is 49.6 Å². The number of aromatic nitrogens is 1. The van der Waals surface area contributed by atoms with Gasteiger partial charge < -0.3 is 25.0 Å². The van der Waals surface area contributed by atoms with Crippen LogP contribution in [0.2, 0.25) is 0 Å². The van der Waals surface area contributed by atoms with Gasteiger partial charge in [-0.05, 0) is 79.8 Å². The van der Waals surface area contributed by atoms with E-state index in [1.165, 1.54) is 25.6 Å². The molecule has 2 atom stereocenters. The van der Waals surface area contributed by atoms with E-state index in [1.807, 2.05) is 31.2 Å². The maximum absolute atomic E-state index is 12.7. The zero-order valence-electron chi connectivity index (χ0n) is 21.9. The summed E-state index contributed by atoms with van der Waals surface area (Å²) in [6.45, 7) is 4.52. The third kappa shape index (κ3) is 6.43. The Morgan fingerprint density at radius 1 is 0.947 bits per heavy atom. The second-order valence-corrected chi connectivity index (χ2v) is 9.97. The van der Waals surface area contributed by atoms with E-state index in [2.05, 4.69) is 44.8 Å². The normalized spacial score (nSPS) is 17.5. The maximum atomic E-state index is 12.7. The third-order valence-electron chi connectivity index (χ3n) is 7.00. The van der Waals surface area contributed by atoms with Crippen LogP contribution in [0.5, 0.6) is 11.5 Å². The molecule has 1 saturated carbocycles. The molecule has 2 aliphatic rings. The van der Waals surface area contributed by atoms with Gasteiger partial charge in [-0.2, -0.15) is 0 Å². The van der Waals surface area contributed by atoms with Crippen LogP contribution in [0.3, 0.4) is 0 Å². The summed E-state index contributed by atoms with van der Waals surface area (Å²) in [6.07, 6.45) is 3.65. The molecule has 1 saturated heterocycles. The van der Waals surface area contributed by atoms with E-state index in [-0.39, 0.29) is 35.3 Å². The van der Waals surface area contributed by atoms with E-state index in [0.717, 1.165) is 49.1 Å². The molecular weight excluding hydrogens is 480 g/mol. The number of hydrogen-bond donors (Lipinski definition) is 2. The van der Waals surface area contributed by atoms with Gasteiger partial charge in [0, 0.05) is 25.7 Å². The van der Waals surface area contributed by atoms with Gasteiger partial charge in [-0.1, -0.05) is 18.2 Å². The lowest BCUT2D eigenvalue weighted by atomic mass is 10.1. The second kappa shape index (κ2) is 11.5. The monoisotopic (exact) mass is 514 g/mol. The van der Waals surface area contributed by atoms with Crippen LogP contribution in [0.25, 0.3) is 0 Å². The molecule has 0 radical (unpaired) electrons. The Labute approximate surface area is 223 Å². The van der Waals surface area contributed by atoms with Crippen molar-refractivity contribution in [1.29, 1.82) is 0 Å². The van der Waals surface area contributed by atoms with Gasteiger partial charge in [0.2, 0.25) is 0 Å². The molecular formula is C30H34N4O4. The number of benzene rings is 2. The Morgan fingerprint density at radius 2 is 1.63 bits per heavy atom. The number of nitrogens with zero attached hydrogens (tertiary/aromatic N) is 2. The number of anilines is 1. The summed E-state index contributed by atoms with van der Waals surface area (Å²) in [5.41, 5.74) is 2.54. The fourth-order valence-corrected chi connectivity index (χ4v) is 4.51. The number of ether oxygens (including phenoxy) is 2. The van der Waals surface area contributed by atoms with E-state index < -0.39 is 0 Å². The van der Waals surface area contributed by atoms with E-state index in [0.29, 0.717) is 0 Å². The summed E-state index contributed by atoms with van der Waals surface area (Å²) >= 11 is 0. The molecule has 3 aromatic rings. The standard InChI is InChI=1S/C30H34N4O4/c1-20(32-30(36)28-5-3-4-27(33-28)29(35)31-2)22-8-12-25(13-9-22)38-26-16-17-34(18-26)23-10-14-24(15-11-23)37-19-21-6-7-21/h3-5,8-15,20-21,26H,6-7,16-19H2,1-2H3,(H,31,35)(H,32,36)/t20-,26?/m0/s1. The third-order valence-corrected chi connectivity index (χ3v) is 7.00. The Kier molecular flexibility index (Phi) is 7.77. The number of hydrogen-bond acceptors (Lipinski definition) is 6. The molecule has 198 valence electrons. The second-order valence-electron chi connectivity index (χ2n) is 9.97. The Morgan fingerprint density at radius 3 is 2.32 bits per heavy atom. The first kappa shape index (κ1) is 25.6. The molecule has 2 N–H and O–H groups in total. The van der Waals surface area contributed by atoms with E-state index in [4.69, 9.17) is 9.47 Å². The highest BCUT2D eigenvalue weighted by Gasteiger charge is 2.25. The average Bonchev–Trinajstić information content (AvgIpc) is 3.68. The van der Waals surface area contributed by atoms with Gasteiger partial charge in [0.15, 0.2) is 0 Å². The molecule has 2 aromatic carbocycles. The van der Waals surface area contributed by atoms with Crippen molar-refractivity contribution in [3.63, 3.8) is 0 Å². The molecule has 8 heteroatoms. The van der Waals surface area contributed by atoms with Gasteiger partial charge in [-0.15, -0.1) is 0 Å². The summed E-state index contributed by atoms with van der Waals surface area (Å²) in [5.74, 6) is 1.82. The molecule has 8 nitrogen and oxygen atoms in total. The van der Waals surface area contributed by atoms with Gasteiger partial charge in [0.1, 0.15) is 29.0 Å². The topological polar surface area (TPSA) is 92.8 Å². The summed E-state index contributed by atoms with van der Waals surface area (Å²) < 4.78 is 12.1. The lowest BCUT2D eigenvalue weighted by Gasteiger charge is -2.20. The fraction of sp³-hybridized carbons (Fsp3) is 0.367. The van der Waals surface area contributed by atoms with Gasteiger partial charge in [-0.25, -0.2) is 4.98 Å². The minimum absolute atomic E-state index is 0.113. The smallest absolute Gasteiger partial charge is 0.270 e. The summed E-state index contributed by atoms with van der Waals surface area (Å²) in [6, 6.07) is 20.7. The van der Waals surface area contributed by atoms with Gasteiger partial charge in [-0.3, -0.25) is 9.59 Å². The first-order valence-corrected chi connectivity index (χ1v) is 13.2. The van der Waals surface area contributed by atoms with Crippen molar-refractivity contribution in [1.82, 2.24) is 15.6 Å². The molecule has 2 fully saturated rings. The SMILES string of the molecule is CNC(=O)c1cccc(C(=O)N[C@@H](C)c2ccc(OC3CCN(c4ccc(OCC5CC5)cc4)C3)cc2)n1. The number of pyridine rings is 1. The van der Waals surface area contributed by atoms with Crippen molar-refractivity contribution in [3.8, 4) is 11.5 Å². The van der Waals surface area contributed by atoms with Crippen LogP contribution in [-0.2, 0) is 0 Å². The largest absolute Gasteiger partial charge is 0.493 e. The number of carbonyl (C=O) groups excluding carboxylic acids is 2. The van der Waals surface area contributed by atoms with Gasteiger partial charge in [0.25, 0.3) is 11.8 Å². The molecule has 5 rings (SSSR count). The highest BCUT2D eigenvalue weighted by molar-refractivity contribution is 5.96. The first-order chi connectivity index (χ1) is 18.5. The van der Waals surface area contributed by atoms with Gasteiger partial charge in [0.05, 0.1) is 19.2 Å². The molecule has 1 aromatic heterocycles. The summed E-state index contributed by atoms with van der Waals surface area (Å²) in [5, 5.41) is 5.46. The minimum Gasteiger partial charge on any atom is -0.493 e. The van der Waals surface area contributed by atoms with E-state index in [9.17, 15) is 9.59 Å². The quantitative estimate of drug-likeness (QED) is 0.417. The predicted molar refractivity (Wildman–Crippen MR) is 146 cm³/mol. The Bertz CT molecular complexity index is 1260. The van der Waals surface area contributed by atoms with Crippen LogP contribution in [0.15, 0.2) is 66.7 Å². The number of carbonyl (C=O) groups is 2. The lowest BCUT2D eigenvalue weighted by molar-refractivity contribution is 0.0934. The van der Waals surface area contributed by atoms with Crippen molar-refractivity contribution in [2.24, 2.45) is 5.92 Å². The number of rotatable bonds is 10. The van der Waals surface area contributed by atoms with Crippen molar-refractivity contribution in [2.75, 3.05) is 31.6 Å². The molecule has 1 unspecified atom stereocenters. The van der Waals surface area contributed by atoms with Crippen molar-refractivity contribution >= 4 is 17.5 Å². The molecule has 2 amide bonds. The highest BCUT2D eigenvalue weighted by atomic mass is 16.5. The predicted octanol–water partition coefficient (Wildman–Crippen LogP) is 4.38. The van der Waals surface area contributed by atoms with Crippen LogP contribution < -0.4 is 25.0 Å². The van der Waals surface area contributed by atoms with Crippen molar-refractivity contribution in [2.45, 2.75) is 38.3 Å². The Balaban J connectivity index is 1.11. The molecule has 1 aliphatic heterocycles. The van der Waals surface area contributed by atoms with E-state index in [1.54, 1.807) is 18.2 Å². The fourth-order valence-electron chi connectivity index (χ4n) is 4.51. The molecule has 0 bridgehead atoms. The average molecular weight is 515 g/mol. The van der Waals surface area contributed by atoms with E-state index >= 15 is 0 Å². The van der Waals surface area contributed by atoms with Crippen LogP contribution >= 0.6 is 0 Å². The van der Waals surface area contributed by atoms with Crippen LogP contribution in [0.4, 0.5) is 5.69 Å². The molecule has 2 heterocycles. The summed E-state index contributed by atoms with van der Waals surface area (Å²) in [4.78, 5) is 31.0. The van der Waals surface area contributed by atoms with Crippen LogP contribution in [0.1, 0.15) is 58.8 Å². The number of nitrogens with one attached hydrogen (secondary N) is 2. The molecule has 38 heavy (non-hydrogen) atoms. The maximum Gasteiger partial charge on any atom is 0.270 e. The summed E-state index contributed by atoms with van der Waals surface area (Å²) in [7, 11) is 1.53. The molecule has 0 spiro atoms. The zero-order valence-corrected chi connectivity index (χ0v) is 21.9. The van der Waals surface area contributed by atoms with Crippen molar-refractivity contribution in [3.05, 3.63) is 83.7 Å². The van der Waals surface area contributed by atoms with Crippen molar-refractivity contribution < 1.29 is 19.1 Å². The Hall–Kier alpha value is -4.07.